The number of allylic oxidation sites excluding steroid dienone is 1. The molecule has 1 fully saturated rings. The second-order valence-electron chi connectivity index (χ2n) is 4.18. The fourth-order valence-corrected chi connectivity index (χ4v) is 2.38. The van der Waals surface area contributed by atoms with Crippen molar-refractivity contribution in [3.8, 4) is 0 Å². The summed E-state index contributed by atoms with van der Waals surface area (Å²) in [6.45, 7) is 1.83. The van der Waals surface area contributed by atoms with Crippen molar-refractivity contribution in [2.45, 2.75) is 31.8 Å². The van der Waals surface area contributed by atoms with Crippen LogP contribution in [0.1, 0.15) is 19.8 Å². The average molecular weight is 180 g/mol. The van der Waals surface area contributed by atoms with Gasteiger partial charge in [-0.15, -0.1) is 0 Å². The normalized spacial score (nSPS) is 38.1. The fraction of sp³-hybridized carbons (Fsp3) is 0.700. The largest absolute Gasteiger partial charge is 0.368 e. The summed E-state index contributed by atoms with van der Waals surface area (Å²) in [7, 11) is 0. The van der Waals surface area contributed by atoms with Crippen molar-refractivity contribution in [2.24, 2.45) is 17.6 Å². The molecule has 13 heavy (non-hydrogen) atoms. The highest BCUT2D eigenvalue weighted by Crippen LogP contribution is 2.39. The van der Waals surface area contributed by atoms with Gasteiger partial charge in [-0.2, -0.15) is 0 Å². The van der Waals surface area contributed by atoms with Crippen LogP contribution < -0.4 is 11.1 Å². The van der Waals surface area contributed by atoms with Gasteiger partial charge in [0.05, 0.1) is 6.04 Å². The van der Waals surface area contributed by atoms with Crippen LogP contribution in [0, 0.1) is 11.8 Å². The summed E-state index contributed by atoms with van der Waals surface area (Å²) in [5.74, 6) is 1.11. The van der Waals surface area contributed by atoms with E-state index in [0.29, 0.717) is 12.0 Å². The number of carbonyl (C=O) groups is 1. The molecule has 1 saturated carbocycles. The fourth-order valence-electron chi connectivity index (χ4n) is 2.38. The van der Waals surface area contributed by atoms with Crippen molar-refractivity contribution in [3.63, 3.8) is 0 Å². The quantitative estimate of drug-likeness (QED) is 0.618. The Balaban J connectivity index is 1.90. The third-order valence-corrected chi connectivity index (χ3v) is 3.17. The molecule has 0 radical (unpaired) electrons. The average Bonchev–Trinajstić information content (AvgIpc) is 2.64. The molecule has 4 atom stereocenters. The van der Waals surface area contributed by atoms with E-state index in [1.807, 2.05) is 6.92 Å². The maximum atomic E-state index is 10.8. The lowest BCUT2D eigenvalue weighted by Gasteiger charge is -2.22. The summed E-state index contributed by atoms with van der Waals surface area (Å²) < 4.78 is 0. The third-order valence-electron chi connectivity index (χ3n) is 3.17. The first-order valence-electron chi connectivity index (χ1n) is 4.90. The third kappa shape index (κ3) is 1.61. The van der Waals surface area contributed by atoms with Gasteiger partial charge in [0.1, 0.15) is 0 Å². The lowest BCUT2D eigenvalue weighted by Crippen LogP contribution is -2.45. The molecule has 0 spiro atoms. The van der Waals surface area contributed by atoms with Crippen molar-refractivity contribution < 1.29 is 4.79 Å². The van der Waals surface area contributed by atoms with Gasteiger partial charge in [0.15, 0.2) is 0 Å². The van der Waals surface area contributed by atoms with Gasteiger partial charge in [0.2, 0.25) is 5.91 Å². The first-order chi connectivity index (χ1) is 6.16. The molecule has 3 nitrogen and oxygen atoms in total. The minimum atomic E-state index is -0.258. The number of amides is 1. The number of rotatable bonds is 3. The highest BCUT2D eigenvalue weighted by molar-refractivity contribution is 5.79. The van der Waals surface area contributed by atoms with E-state index in [4.69, 9.17) is 5.73 Å². The van der Waals surface area contributed by atoms with E-state index in [1.54, 1.807) is 0 Å². The number of hydrogen-bond donors (Lipinski definition) is 2. The van der Waals surface area contributed by atoms with Gasteiger partial charge in [-0.05, 0) is 31.6 Å². The maximum Gasteiger partial charge on any atom is 0.234 e. The second-order valence-corrected chi connectivity index (χ2v) is 4.18. The number of primary amides is 1. The summed E-state index contributed by atoms with van der Waals surface area (Å²) in [6.07, 6.45) is 6.97. The highest BCUT2D eigenvalue weighted by Gasteiger charge is 2.36. The predicted octanol–water partition coefficient (Wildman–Crippen LogP) is 0.414. The topological polar surface area (TPSA) is 55.1 Å². The number of nitrogens with two attached hydrogens (primary N) is 1. The van der Waals surface area contributed by atoms with Gasteiger partial charge < -0.3 is 11.1 Å². The highest BCUT2D eigenvalue weighted by atomic mass is 16.1. The summed E-state index contributed by atoms with van der Waals surface area (Å²) in [5.41, 5.74) is 5.19. The van der Waals surface area contributed by atoms with Crippen LogP contribution in [0.15, 0.2) is 12.2 Å². The molecule has 2 aliphatic rings. The molecule has 2 unspecified atom stereocenters. The van der Waals surface area contributed by atoms with Gasteiger partial charge in [-0.3, -0.25) is 4.79 Å². The van der Waals surface area contributed by atoms with Crippen LogP contribution in [0.5, 0.6) is 0 Å². The van der Waals surface area contributed by atoms with E-state index in [0.717, 1.165) is 5.92 Å². The van der Waals surface area contributed by atoms with Gasteiger partial charge in [-0.25, -0.2) is 0 Å². The number of hydrogen-bond acceptors (Lipinski definition) is 2. The maximum absolute atomic E-state index is 10.8. The van der Waals surface area contributed by atoms with Gasteiger partial charge in [0, 0.05) is 6.04 Å². The van der Waals surface area contributed by atoms with E-state index in [1.165, 1.54) is 12.8 Å². The number of nitrogens with one attached hydrogen (secondary N) is 1. The minimum Gasteiger partial charge on any atom is -0.368 e. The summed E-state index contributed by atoms with van der Waals surface area (Å²) in [6, 6.07) is 0.273. The molecule has 1 amide bonds. The monoisotopic (exact) mass is 180 g/mol. The van der Waals surface area contributed by atoms with Crippen molar-refractivity contribution in [1.29, 1.82) is 0 Å². The summed E-state index contributed by atoms with van der Waals surface area (Å²) in [5, 5.41) is 3.28. The van der Waals surface area contributed by atoms with Gasteiger partial charge in [-0.1, -0.05) is 12.2 Å². The molecule has 2 aliphatic carbocycles. The molecule has 0 aliphatic heterocycles. The molecule has 3 heteroatoms. The molecule has 0 saturated heterocycles. The zero-order chi connectivity index (χ0) is 9.42. The van der Waals surface area contributed by atoms with E-state index < -0.39 is 0 Å². The van der Waals surface area contributed by atoms with E-state index in [-0.39, 0.29) is 11.9 Å². The van der Waals surface area contributed by atoms with Crippen LogP contribution in [-0.2, 0) is 4.79 Å². The van der Waals surface area contributed by atoms with E-state index >= 15 is 0 Å². The van der Waals surface area contributed by atoms with Crippen LogP contribution in [0.3, 0.4) is 0 Å². The molecule has 72 valence electrons. The van der Waals surface area contributed by atoms with Gasteiger partial charge in [0.25, 0.3) is 0 Å². The number of fused-ring (bicyclic) bond motifs is 2. The Hall–Kier alpha value is -0.830. The molecule has 3 N–H and O–H groups in total. The molecule has 0 aromatic carbocycles. The Bertz CT molecular complexity index is 249. The second kappa shape index (κ2) is 3.14. The zero-order valence-corrected chi connectivity index (χ0v) is 7.86. The van der Waals surface area contributed by atoms with Crippen molar-refractivity contribution >= 4 is 5.91 Å². The van der Waals surface area contributed by atoms with Crippen molar-refractivity contribution in [3.05, 3.63) is 12.2 Å². The van der Waals surface area contributed by atoms with E-state index in [9.17, 15) is 4.79 Å². The Morgan fingerprint density at radius 3 is 2.77 bits per heavy atom. The first-order valence-corrected chi connectivity index (χ1v) is 4.90. The predicted molar refractivity (Wildman–Crippen MR) is 50.9 cm³/mol. The van der Waals surface area contributed by atoms with Crippen LogP contribution in [0.4, 0.5) is 0 Å². The Morgan fingerprint density at radius 1 is 1.54 bits per heavy atom. The Morgan fingerprint density at radius 2 is 2.31 bits per heavy atom. The molecular formula is C10H16N2O. The van der Waals surface area contributed by atoms with Crippen LogP contribution in [0.2, 0.25) is 0 Å². The molecule has 2 rings (SSSR count). The summed E-state index contributed by atoms with van der Waals surface area (Å²) in [4.78, 5) is 10.8. The van der Waals surface area contributed by atoms with E-state index in [2.05, 4.69) is 17.5 Å². The van der Waals surface area contributed by atoms with Crippen LogP contribution in [0.25, 0.3) is 0 Å². The Labute approximate surface area is 78.4 Å². The van der Waals surface area contributed by atoms with Crippen molar-refractivity contribution in [1.82, 2.24) is 5.32 Å². The Kier molecular flexibility index (Phi) is 2.12. The van der Waals surface area contributed by atoms with Crippen molar-refractivity contribution in [2.75, 3.05) is 0 Å². The minimum absolute atomic E-state index is 0.197. The van der Waals surface area contributed by atoms with Crippen LogP contribution >= 0.6 is 0 Å². The van der Waals surface area contributed by atoms with Crippen LogP contribution in [-0.4, -0.2) is 18.0 Å². The molecule has 0 aromatic rings. The molecule has 2 bridgehead atoms. The molecular weight excluding hydrogens is 164 g/mol. The molecule has 0 heterocycles. The van der Waals surface area contributed by atoms with Gasteiger partial charge >= 0.3 is 0 Å². The zero-order valence-electron chi connectivity index (χ0n) is 7.86. The smallest absolute Gasteiger partial charge is 0.234 e. The molecule has 0 aromatic heterocycles. The number of carbonyl (C=O) groups excluding carboxylic acids is 1. The lowest BCUT2D eigenvalue weighted by atomic mass is 10.0. The first kappa shape index (κ1) is 8.75. The summed E-state index contributed by atoms with van der Waals surface area (Å²) >= 11 is 0. The lowest BCUT2D eigenvalue weighted by molar-refractivity contribution is -0.119. The SMILES string of the molecule is CC(NC1C[C@@H]2C=C[C@H]1C2)C(N)=O. The standard InChI is InChI=1S/C10H16N2O/c1-6(10(11)13)12-9-5-7-2-3-8(9)4-7/h2-3,6-9,12H,4-5H2,1H3,(H2,11,13)/t6?,7-,8+,9?/m1/s1.